The van der Waals surface area contributed by atoms with Crippen LogP contribution in [0.5, 0.6) is 5.75 Å². The highest BCUT2D eigenvalue weighted by Crippen LogP contribution is 2.51. The third-order valence-electron chi connectivity index (χ3n) is 4.74. The van der Waals surface area contributed by atoms with Crippen LogP contribution in [0.2, 0.25) is 0 Å². The summed E-state index contributed by atoms with van der Waals surface area (Å²) in [7, 11) is 0. The molecule has 1 aliphatic heterocycles. The number of nitrogens with zero attached hydrogens (tertiary/aromatic N) is 1. The first-order valence-corrected chi connectivity index (χ1v) is 7.74. The zero-order valence-electron chi connectivity index (χ0n) is 13.0. The summed E-state index contributed by atoms with van der Waals surface area (Å²) < 4.78 is 40.5. The van der Waals surface area contributed by atoms with Crippen molar-refractivity contribution in [3.05, 3.63) is 29.8 Å². The molecule has 130 valence electrons. The summed E-state index contributed by atoms with van der Waals surface area (Å²) in [6, 6.07) is 6.15. The molecule has 23 heavy (non-hydrogen) atoms. The van der Waals surface area contributed by atoms with E-state index >= 15 is 0 Å². The highest BCUT2D eigenvalue weighted by atomic mass is 35.5. The third-order valence-corrected chi connectivity index (χ3v) is 4.74. The summed E-state index contributed by atoms with van der Waals surface area (Å²) in [6.07, 6.45) is -4.64. The van der Waals surface area contributed by atoms with E-state index in [1.807, 2.05) is 6.07 Å². The van der Waals surface area contributed by atoms with Crippen LogP contribution in [0.15, 0.2) is 24.3 Å². The quantitative estimate of drug-likeness (QED) is 0.852. The normalized spacial score (nSPS) is 26.5. The molecule has 2 fully saturated rings. The van der Waals surface area contributed by atoms with Gasteiger partial charge in [0.05, 0.1) is 0 Å². The highest BCUT2D eigenvalue weighted by molar-refractivity contribution is 5.85. The molecule has 0 aromatic heterocycles. The van der Waals surface area contributed by atoms with Crippen LogP contribution in [0.25, 0.3) is 0 Å². The van der Waals surface area contributed by atoms with Gasteiger partial charge in [-0.25, -0.2) is 0 Å². The minimum Gasteiger partial charge on any atom is -0.406 e. The fraction of sp³-hybridized carbons (Fsp3) is 0.625. The number of hydrogen-bond donors (Lipinski definition) is 1. The van der Waals surface area contributed by atoms with Gasteiger partial charge in [0.1, 0.15) is 5.75 Å². The fourth-order valence-electron chi connectivity index (χ4n) is 3.53. The van der Waals surface area contributed by atoms with E-state index < -0.39 is 6.36 Å². The molecule has 3 rings (SSSR count). The molecule has 1 saturated heterocycles. The lowest BCUT2D eigenvalue weighted by Gasteiger charge is -2.17. The van der Waals surface area contributed by atoms with E-state index in [0.29, 0.717) is 6.54 Å². The lowest BCUT2D eigenvalue weighted by Crippen LogP contribution is -2.27. The summed E-state index contributed by atoms with van der Waals surface area (Å²) in [5.74, 6) is 2.20. The number of piperidine rings is 1. The van der Waals surface area contributed by atoms with Crippen molar-refractivity contribution in [2.45, 2.75) is 19.8 Å². The molecule has 0 spiro atoms. The second kappa shape index (κ2) is 7.28. The maximum Gasteiger partial charge on any atom is 0.573 e. The van der Waals surface area contributed by atoms with E-state index in [1.165, 1.54) is 25.2 Å². The van der Waals surface area contributed by atoms with E-state index in [0.717, 1.165) is 36.4 Å². The Balaban J connectivity index is 0.00000192. The van der Waals surface area contributed by atoms with Gasteiger partial charge in [-0.3, -0.25) is 0 Å². The minimum absolute atomic E-state index is 0. The molecule has 1 saturated carbocycles. The van der Waals surface area contributed by atoms with Crippen molar-refractivity contribution in [1.82, 2.24) is 10.2 Å². The summed E-state index contributed by atoms with van der Waals surface area (Å²) in [6.45, 7) is 7.22. The Kier molecular flexibility index (Phi) is 5.81. The van der Waals surface area contributed by atoms with E-state index in [1.54, 1.807) is 6.07 Å². The monoisotopic (exact) mass is 350 g/mol. The van der Waals surface area contributed by atoms with Crippen LogP contribution in [0.1, 0.15) is 12.5 Å². The van der Waals surface area contributed by atoms with Crippen LogP contribution in [0.3, 0.4) is 0 Å². The zero-order chi connectivity index (χ0) is 15.7. The molecule has 1 aromatic carbocycles. The molecule has 0 amide bonds. The minimum atomic E-state index is -4.64. The average Bonchev–Trinajstić information content (AvgIpc) is 2.91. The first-order chi connectivity index (χ1) is 10.5. The molecule has 2 atom stereocenters. The van der Waals surface area contributed by atoms with Crippen LogP contribution in [0.4, 0.5) is 13.2 Å². The van der Waals surface area contributed by atoms with Crippen LogP contribution < -0.4 is 10.1 Å². The summed E-state index contributed by atoms with van der Waals surface area (Å²) in [4.78, 5) is 2.48. The van der Waals surface area contributed by atoms with Gasteiger partial charge in [0.2, 0.25) is 0 Å². The third kappa shape index (κ3) is 4.75. The molecule has 1 aliphatic carbocycles. The van der Waals surface area contributed by atoms with E-state index in [-0.39, 0.29) is 18.2 Å². The van der Waals surface area contributed by atoms with Crippen molar-refractivity contribution >= 4 is 12.4 Å². The molecular weight excluding hydrogens is 329 g/mol. The molecule has 0 radical (unpaired) electrons. The Morgan fingerprint density at radius 2 is 1.96 bits per heavy atom. The smallest absolute Gasteiger partial charge is 0.406 e. The van der Waals surface area contributed by atoms with Crippen molar-refractivity contribution in [2.24, 2.45) is 17.8 Å². The van der Waals surface area contributed by atoms with Gasteiger partial charge in [-0.05, 0) is 48.5 Å². The fourth-order valence-corrected chi connectivity index (χ4v) is 3.53. The summed E-state index contributed by atoms with van der Waals surface area (Å²) >= 11 is 0. The summed E-state index contributed by atoms with van der Waals surface area (Å²) in [5, 5.41) is 3.36. The van der Waals surface area contributed by atoms with E-state index in [9.17, 15) is 13.2 Å². The van der Waals surface area contributed by atoms with E-state index in [4.69, 9.17) is 0 Å². The van der Waals surface area contributed by atoms with Crippen LogP contribution in [0, 0.1) is 17.8 Å². The average molecular weight is 351 g/mol. The van der Waals surface area contributed by atoms with Gasteiger partial charge < -0.3 is 15.0 Å². The lowest BCUT2D eigenvalue weighted by atomic mass is 10.2. The maximum atomic E-state index is 12.2. The van der Waals surface area contributed by atoms with Gasteiger partial charge in [-0.2, -0.15) is 0 Å². The number of hydrogen-bond acceptors (Lipinski definition) is 3. The van der Waals surface area contributed by atoms with Crippen LogP contribution >= 0.6 is 12.4 Å². The number of fused-ring (bicyclic) bond motifs is 1. The number of likely N-dealkylation sites (tertiary alicyclic amines) is 1. The van der Waals surface area contributed by atoms with Gasteiger partial charge >= 0.3 is 6.36 Å². The number of benzene rings is 1. The Morgan fingerprint density at radius 3 is 2.57 bits per heavy atom. The molecule has 1 N–H and O–H groups in total. The Bertz CT molecular complexity index is 514. The van der Waals surface area contributed by atoms with Crippen molar-refractivity contribution in [1.29, 1.82) is 0 Å². The van der Waals surface area contributed by atoms with Crippen LogP contribution in [-0.2, 0) is 6.54 Å². The van der Waals surface area contributed by atoms with Gasteiger partial charge in [-0.1, -0.05) is 19.1 Å². The molecule has 1 aromatic rings. The second-order valence-corrected chi connectivity index (χ2v) is 6.17. The van der Waals surface area contributed by atoms with Gasteiger partial charge in [-0.15, -0.1) is 25.6 Å². The van der Waals surface area contributed by atoms with Crippen molar-refractivity contribution < 1.29 is 17.9 Å². The molecule has 0 bridgehead atoms. The Morgan fingerprint density at radius 1 is 1.26 bits per heavy atom. The first-order valence-electron chi connectivity index (χ1n) is 7.74. The predicted molar refractivity (Wildman–Crippen MR) is 84.7 cm³/mol. The summed E-state index contributed by atoms with van der Waals surface area (Å²) in [5.41, 5.74) is 0.808. The Labute approximate surface area is 140 Å². The highest BCUT2D eigenvalue weighted by Gasteiger charge is 2.54. The number of nitrogens with one attached hydrogen (secondary N) is 1. The molecule has 3 nitrogen and oxygen atoms in total. The van der Waals surface area contributed by atoms with Crippen molar-refractivity contribution in [2.75, 3.05) is 26.2 Å². The first kappa shape index (κ1) is 18.4. The number of ether oxygens (including phenoxy) is 1. The number of alkyl halides is 3. The molecule has 2 unspecified atom stereocenters. The van der Waals surface area contributed by atoms with Crippen molar-refractivity contribution in [3.8, 4) is 5.75 Å². The molecule has 1 heterocycles. The largest absolute Gasteiger partial charge is 0.573 e. The standard InChI is InChI=1S/C16H21F3N2O.ClH/c1-2-21-9-14-13(15(14)10-21)8-20-7-11-4-3-5-12(6-11)22-16(17,18)19;/h3-6,13-15,20H,2,7-10H2,1H3;1H. The topological polar surface area (TPSA) is 24.5 Å². The zero-order valence-corrected chi connectivity index (χ0v) is 13.8. The molecule has 2 aliphatic rings. The number of rotatable bonds is 6. The molecule has 7 heteroatoms. The lowest BCUT2D eigenvalue weighted by molar-refractivity contribution is -0.274. The van der Waals surface area contributed by atoms with Crippen molar-refractivity contribution in [3.63, 3.8) is 0 Å². The second-order valence-electron chi connectivity index (χ2n) is 6.17. The SMILES string of the molecule is CCN1CC2C(CNCc3cccc(OC(F)(F)F)c3)C2C1.Cl. The number of halogens is 4. The van der Waals surface area contributed by atoms with Gasteiger partial charge in [0, 0.05) is 19.6 Å². The van der Waals surface area contributed by atoms with Crippen LogP contribution in [-0.4, -0.2) is 37.4 Å². The predicted octanol–water partition coefficient (Wildman–Crippen LogP) is 3.29. The Hall–Kier alpha value is -0.980. The van der Waals surface area contributed by atoms with E-state index in [2.05, 4.69) is 21.9 Å². The molecular formula is C16H22ClF3N2O. The van der Waals surface area contributed by atoms with Gasteiger partial charge in [0.25, 0.3) is 0 Å². The van der Waals surface area contributed by atoms with Gasteiger partial charge in [0.15, 0.2) is 0 Å². The maximum absolute atomic E-state index is 12.2.